The maximum atomic E-state index is 13.1. The van der Waals surface area contributed by atoms with E-state index in [0.717, 1.165) is 16.7 Å². The van der Waals surface area contributed by atoms with Gasteiger partial charge in [0.1, 0.15) is 16.7 Å². The van der Waals surface area contributed by atoms with Crippen molar-refractivity contribution in [1.29, 1.82) is 0 Å². The minimum Gasteiger partial charge on any atom is -0.493 e. The lowest BCUT2D eigenvalue weighted by atomic mass is 10.1. The molecule has 1 saturated heterocycles. The van der Waals surface area contributed by atoms with E-state index in [2.05, 4.69) is 0 Å². The van der Waals surface area contributed by atoms with Crippen LogP contribution in [0.15, 0.2) is 71.6 Å². The third-order valence-corrected chi connectivity index (χ3v) is 7.24. The van der Waals surface area contributed by atoms with Gasteiger partial charge in [0.25, 0.3) is 5.91 Å². The second kappa shape index (κ2) is 11.6. The number of thiocarbonyl (C=S) groups is 1. The van der Waals surface area contributed by atoms with E-state index in [-0.39, 0.29) is 5.91 Å². The van der Waals surface area contributed by atoms with E-state index in [0.29, 0.717) is 51.1 Å². The second-order valence-corrected chi connectivity index (χ2v) is 9.77. The highest BCUT2D eigenvalue weighted by Gasteiger charge is 2.32. The Hall–Kier alpha value is -3.00. The van der Waals surface area contributed by atoms with Gasteiger partial charge in [0, 0.05) is 22.7 Å². The Bertz CT molecular complexity index is 1280. The van der Waals surface area contributed by atoms with Gasteiger partial charge in [-0.15, -0.1) is 0 Å². The molecule has 0 atom stereocenters. The molecule has 3 aromatic rings. The second-order valence-electron chi connectivity index (χ2n) is 7.69. The average molecular weight is 526 g/mol. The number of halogens is 1. The van der Waals surface area contributed by atoms with Crippen molar-refractivity contribution in [3.05, 3.63) is 93.3 Å². The molecule has 0 bridgehead atoms. The van der Waals surface area contributed by atoms with E-state index in [1.54, 1.807) is 19.1 Å². The number of thioether (sulfide) groups is 1. The number of para-hydroxylation sites is 1. The first-order chi connectivity index (χ1) is 17.0. The molecule has 1 aliphatic rings. The molecule has 3 aromatic carbocycles. The van der Waals surface area contributed by atoms with E-state index in [1.165, 1.54) is 11.8 Å². The van der Waals surface area contributed by atoms with Gasteiger partial charge >= 0.3 is 0 Å². The molecule has 1 aliphatic heterocycles. The van der Waals surface area contributed by atoms with Crippen molar-refractivity contribution in [3.63, 3.8) is 0 Å². The first kappa shape index (κ1) is 25.1. The van der Waals surface area contributed by atoms with Crippen LogP contribution in [0.3, 0.4) is 0 Å². The largest absolute Gasteiger partial charge is 0.493 e. The fourth-order valence-corrected chi connectivity index (χ4v) is 5.10. The summed E-state index contributed by atoms with van der Waals surface area (Å²) in [4.78, 5) is 15.3. The first-order valence-corrected chi connectivity index (χ1v) is 12.5. The Labute approximate surface area is 219 Å². The summed E-state index contributed by atoms with van der Waals surface area (Å²) in [5.41, 5.74) is 2.73. The van der Waals surface area contributed by atoms with E-state index >= 15 is 0 Å². The van der Waals surface area contributed by atoms with Crippen LogP contribution in [-0.2, 0) is 17.8 Å². The van der Waals surface area contributed by atoms with Crippen molar-refractivity contribution in [1.82, 2.24) is 4.90 Å². The van der Waals surface area contributed by atoms with Crippen LogP contribution in [0.5, 0.6) is 17.2 Å². The molecular formula is C27H24ClNO4S2. The highest BCUT2D eigenvalue weighted by Crippen LogP contribution is 2.35. The van der Waals surface area contributed by atoms with E-state index in [9.17, 15) is 4.79 Å². The van der Waals surface area contributed by atoms with Gasteiger partial charge in [-0.05, 0) is 42.3 Å². The van der Waals surface area contributed by atoms with Gasteiger partial charge in [-0.25, -0.2) is 0 Å². The Morgan fingerprint density at radius 2 is 1.71 bits per heavy atom. The fourth-order valence-electron chi connectivity index (χ4n) is 3.61. The smallest absolute Gasteiger partial charge is 0.266 e. The minimum absolute atomic E-state index is 0.110. The molecule has 0 N–H and O–H groups in total. The molecule has 0 spiro atoms. The van der Waals surface area contributed by atoms with Crippen molar-refractivity contribution in [2.45, 2.75) is 13.0 Å². The number of hydrogen-bond donors (Lipinski definition) is 0. The maximum absolute atomic E-state index is 13.1. The van der Waals surface area contributed by atoms with E-state index in [4.69, 9.17) is 38.0 Å². The van der Waals surface area contributed by atoms with Gasteiger partial charge in [-0.3, -0.25) is 9.69 Å². The molecule has 0 aromatic heterocycles. The van der Waals surface area contributed by atoms with Gasteiger partial charge in [-0.1, -0.05) is 78.0 Å². The van der Waals surface area contributed by atoms with Crippen LogP contribution < -0.4 is 14.2 Å². The molecule has 35 heavy (non-hydrogen) atoms. The quantitative estimate of drug-likeness (QED) is 0.238. The Morgan fingerprint density at radius 1 is 0.971 bits per heavy atom. The van der Waals surface area contributed by atoms with Crippen LogP contribution in [-0.4, -0.2) is 35.9 Å². The summed E-state index contributed by atoms with van der Waals surface area (Å²) >= 11 is 13.1. The number of amides is 1. The number of rotatable bonds is 9. The van der Waals surface area contributed by atoms with Crippen molar-refractivity contribution >= 4 is 51.9 Å². The molecule has 8 heteroatoms. The SMILES string of the molecule is COc1ccc(CCN2C(=O)C(=Cc3ccccc3OCc3ccccc3Cl)SC2=S)cc1OC. The summed E-state index contributed by atoms with van der Waals surface area (Å²) in [6.07, 6.45) is 2.47. The number of nitrogens with zero attached hydrogens (tertiary/aromatic N) is 1. The van der Waals surface area contributed by atoms with Gasteiger partial charge in [0.2, 0.25) is 0 Å². The van der Waals surface area contributed by atoms with E-state index in [1.807, 2.05) is 72.8 Å². The lowest BCUT2D eigenvalue weighted by molar-refractivity contribution is -0.122. The predicted octanol–water partition coefficient (Wildman–Crippen LogP) is 6.38. The lowest BCUT2D eigenvalue weighted by Crippen LogP contribution is -2.30. The molecule has 1 fully saturated rings. The number of benzene rings is 3. The number of carbonyl (C=O) groups excluding carboxylic acids is 1. The van der Waals surface area contributed by atoms with Crippen LogP contribution >= 0.6 is 35.6 Å². The van der Waals surface area contributed by atoms with Crippen LogP contribution in [0, 0.1) is 0 Å². The summed E-state index contributed by atoms with van der Waals surface area (Å²) in [6, 6.07) is 20.9. The minimum atomic E-state index is -0.110. The number of hydrogen-bond acceptors (Lipinski definition) is 6. The molecule has 4 rings (SSSR count). The number of ether oxygens (including phenoxy) is 3. The average Bonchev–Trinajstić information content (AvgIpc) is 3.14. The fraction of sp³-hybridized carbons (Fsp3) is 0.185. The van der Waals surface area contributed by atoms with Crippen LogP contribution in [0.4, 0.5) is 0 Å². The third kappa shape index (κ3) is 5.99. The summed E-state index contributed by atoms with van der Waals surface area (Å²) in [7, 11) is 3.20. The standard InChI is InChI=1S/C27H24ClNO4S2/c1-31-23-12-11-18(15-24(23)32-2)13-14-29-26(30)25(35-27(29)34)16-19-7-4-6-10-22(19)33-17-20-8-3-5-9-21(20)28/h3-12,15-16H,13-14,17H2,1-2H3. The van der Waals surface area contributed by atoms with Crippen LogP contribution in [0.2, 0.25) is 5.02 Å². The molecule has 1 heterocycles. The van der Waals surface area contributed by atoms with Gasteiger partial charge in [-0.2, -0.15) is 0 Å². The lowest BCUT2D eigenvalue weighted by Gasteiger charge is -2.15. The van der Waals surface area contributed by atoms with Crippen LogP contribution in [0.25, 0.3) is 6.08 Å². The maximum Gasteiger partial charge on any atom is 0.266 e. The summed E-state index contributed by atoms with van der Waals surface area (Å²) in [6.45, 7) is 0.805. The monoisotopic (exact) mass is 525 g/mol. The third-order valence-electron chi connectivity index (χ3n) is 5.49. The van der Waals surface area contributed by atoms with Gasteiger partial charge in [0.05, 0.1) is 19.1 Å². The number of carbonyl (C=O) groups is 1. The molecule has 1 amide bonds. The molecule has 0 radical (unpaired) electrons. The van der Waals surface area contributed by atoms with Crippen molar-refractivity contribution in [3.8, 4) is 17.2 Å². The van der Waals surface area contributed by atoms with Crippen molar-refractivity contribution in [2.24, 2.45) is 0 Å². The van der Waals surface area contributed by atoms with Gasteiger partial charge < -0.3 is 14.2 Å². The molecule has 0 saturated carbocycles. The normalized spacial score (nSPS) is 14.5. The van der Waals surface area contributed by atoms with Crippen molar-refractivity contribution < 1.29 is 19.0 Å². The topological polar surface area (TPSA) is 48.0 Å². The zero-order chi connectivity index (χ0) is 24.8. The zero-order valence-electron chi connectivity index (χ0n) is 19.3. The molecule has 0 aliphatic carbocycles. The highest BCUT2D eigenvalue weighted by molar-refractivity contribution is 8.26. The van der Waals surface area contributed by atoms with Gasteiger partial charge in [0.15, 0.2) is 11.5 Å². The Morgan fingerprint density at radius 3 is 2.49 bits per heavy atom. The highest BCUT2D eigenvalue weighted by atomic mass is 35.5. The molecular weight excluding hydrogens is 502 g/mol. The Balaban J connectivity index is 1.46. The first-order valence-electron chi connectivity index (χ1n) is 10.9. The van der Waals surface area contributed by atoms with E-state index < -0.39 is 0 Å². The van der Waals surface area contributed by atoms with Crippen molar-refractivity contribution in [2.75, 3.05) is 20.8 Å². The summed E-state index contributed by atoms with van der Waals surface area (Å²) < 4.78 is 17.2. The number of methoxy groups -OCH3 is 2. The molecule has 180 valence electrons. The Kier molecular flexibility index (Phi) is 8.33. The molecule has 0 unspecified atom stereocenters. The van der Waals surface area contributed by atoms with Crippen LogP contribution in [0.1, 0.15) is 16.7 Å². The molecule has 5 nitrogen and oxygen atoms in total. The summed E-state index contributed by atoms with van der Waals surface area (Å²) in [5, 5.41) is 0.653. The predicted molar refractivity (Wildman–Crippen MR) is 145 cm³/mol. The zero-order valence-corrected chi connectivity index (χ0v) is 21.7. The summed E-state index contributed by atoms with van der Waals surface area (Å²) in [5.74, 6) is 1.88.